The normalized spacial score (nSPS) is 10.5. The number of carbonyl (C=O) groups is 2. The Hall–Kier alpha value is -2.80. The van der Waals surface area contributed by atoms with Crippen LogP contribution in [0.3, 0.4) is 0 Å². The summed E-state index contributed by atoms with van der Waals surface area (Å²) in [5, 5.41) is 5.66. The molecule has 5 nitrogen and oxygen atoms in total. The number of imide groups is 1. The summed E-state index contributed by atoms with van der Waals surface area (Å²) >= 11 is 18.5. The van der Waals surface area contributed by atoms with Gasteiger partial charge in [0.05, 0.1) is 15.6 Å². The molecule has 0 spiro atoms. The average molecular weight is 482 g/mol. The number of aryl methyl sites for hydroxylation is 1. The van der Waals surface area contributed by atoms with Crippen molar-refractivity contribution >= 4 is 52.4 Å². The molecule has 0 aliphatic rings. The Bertz CT molecular complexity index is 1180. The first kappa shape index (κ1) is 22.9. The first-order valence-electron chi connectivity index (χ1n) is 8.97. The van der Waals surface area contributed by atoms with E-state index in [1.54, 1.807) is 38.1 Å². The molecule has 0 aromatic heterocycles. The van der Waals surface area contributed by atoms with Crippen molar-refractivity contribution in [3.05, 3.63) is 86.1 Å². The van der Waals surface area contributed by atoms with E-state index in [4.69, 9.17) is 39.5 Å². The van der Waals surface area contributed by atoms with E-state index in [9.17, 15) is 14.0 Å². The number of amides is 3. The molecule has 0 bridgehead atoms. The molecule has 0 heterocycles. The minimum atomic E-state index is -0.867. The van der Waals surface area contributed by atoms with Crippen molar-refractivity contribution in [3.8, 4) is 11.5 Å². The quantitative estimate of drug-likeness (QED) is 0.415. The van der Waals surface area contributed by atoms with Crippen LogP contribution in [0.1, 0.15) is 21.5 Å². The van der Waals surface area contributed by atoms with Crippen LogP contribution < -0.4 is 15.4 Å². The molecule has 0 saturated carbocycles. The highest BCUT2D eigenvalue weighted by Crippen LogP contribution is 2.41. The molecule has 3 aromatic carbocycles. The molecule has 9 heteroatoms. The summed E-state index contributed by atoms with van der Waals surface area (Å²) in [5.41, 5.74) is 1.22. The Morgan fingerprint density at radius 1 is 1.00 bits per heavy atom. The lowest BCUT2D eigenvalue weighted by Gasteiger charge is -2.17. The summed E-state index contributed by atoms with van der Waals surface area (Å²) < 4.78 is 19.6. The molecule has 0 fully saturated rings. The monoisotopic (exact) mass is 480 g/mol. The van der Waals surface area contributed by atoms with Crippen molar-refractivity contribution < 1.29 is 18.7 Å². The molecular formula is C22H16Cl3FN2O3. The second-order valence-electron chi connectivity index (χ2n) is 6.57. The van der Waals surface area contributed by atoms with Crippen molar-refractivity contribution in [3.63, 3.8) is 0 Å². The molecule has 0 atom stereocenters. The van der Waals surface area contributed by atoms with Crippen LogP contribution in [0.2, 0.25) is 15.1 Å². The fourth-order valence-electron chi connectivity index (χ4n) is 2.74. The van der Waals surface area contributed by atoms with Gasteiger partial charge in [0.15, 0.2) is 0 Å². The number of rotatable bonds is 4. The Labute approximate surface area is 193 Å². The number of urea groups is 1. The molecule has 31 heavy (non-hydrogen) atoms. The Morgan fingerprint density at radius 3 is 2.39 bits per heavy atom. The predicted octanol–water partition coefficient (Wildman–Crippen LogP) is 7.16. The highest BCUT2D eigenvalue weighted by Gasteiger charge is 2.19. The van der Waals surface area contributed by atoms with Crippen LogP contribution in [0.4, 0.5) is 14.9 Å². The van der Waals surface area contributed by atoms with Crippen LogP contribution in [-0.4, -0.2) is 11.9 Å². The second-order valence-corrected chi connectivity index (χ2v) is 7.80. The van der Waals surface area contributed by atoms with Gasteiger partial charge >= 0.3 is 6.03 Å². The maximum atomic E-state index is 13.7. The maximum Gasteiger partial charge on any atom is 0.326 e. The van der Waals surface area contributed by atoms with E-state index in [1.165, 1.54) is 18.2 Å². The molecule has 3 aromatic rings. The molecule has 0 unspecified atom stereocenters. The summed E-state index contributed by atoms with van der Waals surface area (Å²) in [5.74, 6) is -0.875. The van der Waals surface area contributed by atoms with Crippen molar-refractivity contribution in [2.45, 2.75) is 13.8 Å². The van der Waals surface area contributed by atoms with E-state index >= 15 is 0 Å². The van der Waals surface area contributed by atoms with Gasteiger partial charge in [-0.15, -0.1) is 0 Å². The van der Waals surface area contributed by atoms with Gasteiger partial charge in [-0.3, -0.25) is 10.1 Å². The van der Waals surface area contributed by atoms with Gasteiger partial charge in [0.25, 0.3) is 5.91 Å². The van der Waals surface area contributed by atoms with Crippen molar-refractivity contribution in [1.82, 2.24) is 5.32 Å². The topological polar surface area (TPSA) is 67.4 Å². The Morgan fingerprint density at radius 2 is 1.71 bits per heavy atom. The summed E-state index contributed by atoms with van der Waals surface area (Å²) in [7, 11) is 0. The third-order valence-electron chi connectivity index (χ3n) is 4.35. The minimum Gasteiger partial charge on any atom is -0.454 e. The van der Waals surface area contributed by atoms with Crippen molar-refractivity contribution in [1.29, 1.82) is 0 Å². The number of hydrogen-bond donors (Lipinski definition) is 2. The fourth-order valence-corrected chi connectivity index (χ4v) is 3.48. The van der Waals surface area contributed by atoms with Crippen molar-refractivity contribution in [2.75, 3.05) is 5.32 Å². The number of hydrogen-bond acceptors (Lipinski definition) is 3. The van der Waals surface area contributed by atoms with E-state index in [2.05, 4.69) is 10.6 Å². The smallest absolute Gasteiger partial charge is 0.326 e. The van der Waals surface area contributed by atoms with Crippen LogP contribution >= 0.6 is 34.8 Å². The number of carbonyl (C=O) groups excluding carboxylic acids is 2. The average Bonchev–Trinajstić information content (AvgIpc) is 2.70. The fraction of sp³-hybridized carbons (Fsp3) is 0.0909. The van der Waals surface area contributed by atoms with Crippen LogP contribution in [-0.2, 0) is 0 Å². The first-order chi connectivity index (χ1) is 14.7. The van der Waals surface area contributed by atoms with Gasteiger partial charge in [0.2, 0.25) is 0 Å². The van der Waals surface area contributed by atoms with Crippen LogP contribution in [0.25, 0.3) is 0 Å². The van der Waals surface area contributed by atoms with Gasteiger partial charge in [0, 0.05) is 10.7 Å². The molecule has 0 radical (unpaired) electrons. The van der Waals surface area contributed by atoms with Gasteiger partial charge in [-0.1, -0.05) is 46.9 Å². The summed E-state index contributed by atoms with van der Waals surface area (Å²) in [4.78, 5) is 24.4. The molecule has 3 rings (SSSR count). The van der Waals surface area contributed by atoms with E-state index in [0.717, 1.165) is 6.07 Å². The molecule has 0 saturated heterocycles. The van der Waals surface area contributed by atoms with Gasteiger partial charge in [-0.05, 0) is 61.4 Å². The molecule has 3 amide bonds. The zero-order valence-electron chi connectivity index (χ0n) is 16.4. The number of anilines is 1. The number of nitrogens with one attached hydrogen (secondary N) is 2. The maximum absolute atomic E-state index is 13.7. The Kier molecular flexibility index (Phi) is 7.05. The lowest BCUT2D eigenvalue weighted by atomic mass is 10.1. The van der Waals surface area contributed by atoms with Crippen molar-refractivity contribution in [2.24, 2.45) is 0 Å². The van der Waals surface area contributed by atoms with Crippen LogP contribution in [0, 0.1) is 19.7 Å². The van der Waals surface area contributed by atoms with E-state index in [1.807, 2.05) is 0 Å². The largest absolute Gasteiger partial charge is 0.454 e. The zero-order chi connectivity index (χ0) is 22.7. The summed E-state index contributed by atoms with van der Waals surface area (Å²) in [6.07, 6.45) is 0. The van der Waals surface area contributed by atoms with E-state index in [-0.39, 0.29) is 10.6 Å². The zero-order valence-corrected chi connectivity index (χ0v) is 18.6. The molecule has 0 aliphatic carbocycles. The number of ether oxygens (including phenoxy) is 1. The van der Waals surface area contributed by atoms with Gasteiger partial charge < -0.3 is 10.1 Å². The van der Waals surface area contributed by atoms with E-state index in [0.29, 0.717) is 38.4 Å². The van der Waals surface area contributed by atoms with Crippen LogP contribution in [0.15, 0.2) is 48.5 Å². The number of benzene rings is 3. The minimum absolute atomic E-state index is 0.243. The number of halogens is 4. The predicted molar refractivity (Wildman–Crippen MR) is 120 cm³/mol. The third kappa shape index (κ3) is 5.28. The van der Waals surface area contributed by atoms with Gasteiger partial charge in [0.1, 0.15) is 17.3 Å². The SMILES string of the molecule is Cc1cc(NC(=O)NC(=O)c2ccccc2F)c(C)c(Cl)c1Oc1ccc(Cl)cc1Cl. The Balaban J connectivity index is 1.79. The summed E-state index contributed by atoms with van der Waals surface area (Å²) in [6.45, 7) is 3.41. The molecule has 160 valence electrons. The third-order valence-corrected chi connectivity index (χ3v) is 5.34. The molecular weight excluding hydrogens is 466 g/mol. The standard InChI is InChI=1S/C22H16Cl3FN2O3/c1-11-9-17(27-22(30)28-21(29)14-5-3-4-6-16(14)26)12(2)19(25)20(11)31-18-8-7-13(23)10-15(18)24/h3-10H,1-2H3,(H2,27,28,29,30). The highest BCUT2D eigenvalue weighted by atomic mass is 35.5. The highest BCUT2D eigenvalue weighted by molar-refractivity contribution is 6.35. The lowest BCUT2D eigenvalue weighted by Crippen LogP contribution is -2.35. The molecule has 0 aliphatic heterocycles. The van der Waals surface area contributed by atoms with Crippen LogP contribution in [0.5, 0.6) is 11.5 Å². The van der Waals surface area contributed by atoms with Gasteiger partial charge in [-0.2, -0.15) is 0 Å². The summed E-state index contributed by atoms with van der Waals surface area (Å²) in [6, 6.07) is 10.9. The lowest BCUT2D eigenvalue weighted by molar-refractivity contribution is 0.0963. The molecule has 2 N–H and O–H groups in total. The van der Waals surface area contributed by atoms with E-state index < -0.39 is 17.8 Å². The first-order valence-corrected chi connectivity index (χ1v) is 10.1. The van der Waals surface area contributed by atoms with Gasteiger partial charge in [-0.25, -0.2) is 9.18 Å². The second kappa shape index (κ2) is 9.56.